The summed E-state index contributed by atoms with van der Waals surface area (Å²) in [6, 6.07) is 0.453. The van der Waals surface area contributed by atoms with Gasteiger partial charge in [-0.15, -0.1) is 0 Å². The molecule has 1 aliphatic rings. The van der Waals surface area contributed by atoms with Crippen LogP contribution in [0.15, 0.2) is 4.52 Å². The SMILES string of the molecule is CC(C)c1nc(CN(C)C2CCN(CCCS(C)(=O)=O)C2)no1. The number of rotatable bonds is 8. The lowest BCUT2D eigenvalue weighted by Crippen LogP contribution is -2.34. The van der Waals surface area contributed by atoms with E-state index in [-0.39, 0.29) is 11.7 Å². The van der Waals surface area contributed by atoms with E-state index in [0.717, 1.165) is 31.9 Å². The Bertz CT molecular complexity index is 600. The standard InChI is InChI=1S/C15H28N4O3S/c1-12(2)15-16-14(17-22-15)11-18(3)13-6-8-19(10-13)7-5-9-23(4,20)21/h12-13H,5-11H2,1-4H3. The van der Waals surface area contributed by atoms with Crippen molar-refractivity contribution in [2.45, 2.75) is 45.2 Å². The Morgan fingerprint density at radius 3 is 2.78 bits per heavy atom. The molecule has 0 N–H and O–H groups in total. The average Bonchev–Trinajstić information content (AvgIpc) is 3.06. The fourth-order valence-electron chi connectivity index (χ4n) is 2.84. The third-order valence-corrected chi connectivity index (χ3v) is 5.26. The minimum absolute atomic E-state index is 0.248. The topological polar surface area (TPSA) is 79.5 Å². The van der Waals surface area contributed by atoms with E-state index < -0.39 is 9.84 Å². The maximum absolute atomic E-state index is 11.2. The third kappa shape index (κ3) is 5.86. The number of nitrogens with zero attached hydrogens (tertiary/aromatic N) is 4. The molecule has 1 aromatic rings. The second-order valence-corrected chi connectivity index (χ2v) is 9.10. The van der Waals surface area contributed by atoms with Crippen LogP contribution in [-0.2, 0) is 16.4 Å². The highest BCUT2D eigenvalue weighted by Gasteiger charge is 2.26. The van der Waals surface area contributed by atoms with E-state index >= 15 is 0 Å². The zero-order valence-corrected chi connectivity index (χ0v) is 15.3. The fraction of sp³-hybridized carbons (Fsp3) is 0.867. The number of sulfone groups is 1. The Morgan fingerprint density at radius 2 is 2.17 bits per heavy atom. The lowest BCUT2D eigenvalue weighted by Gasteiger charge is -2.23. The van der Waals surface area contributed by atoms with Crippen molar-refractivity contribution in [1.29, 1.82) is 0 Å². The molecule has 0 radical (unpaired) electrons. The predicted molar refractivity (Wildman–Crippen MR) is 89.0 cm³/mol. The molecular weight excluding hydrogens is 316 g/mol. The Balaban J connectivity index is 1.76. The molecular formula is C15H28N4O3S. The molecule has 1 atom stereocenters. The molecule has 1 aliphatic heterocycles. The van der Waals surface area contributed by atoms with Gasteiger partial charge in [-0.1, -0.05) is 19.0 Å². The third-order valence-electron chi connectivity index (χ3n) is 4.23. The molecule has 1 aromatic heterocycles. The molecule has 1 fully saturated rings. The Kier molecular flexibility index (Phi) is 6.16. The quantitative estimate of drug-likeness (QED) is 0.699. The van der Waals surface area contributed by atoms with Crippen molar-refractivity contribution in [3.05, 3.63) is 11.7 Å². The number of hydrogen-bond donors (Lipinski definition) is 0. The fourth-order valence-corrected chi connectivity index (χ4v) is 3.50. The normalized spacial score (nSPS) is 20.0. The van der Waals surface area contributed by atoms with Crippen molar-refractivity contribution < 1.29 is 12.9 Å². The number of aromatic nitrogens is 2. The molecule has 8 heteroatoms. The summed E-state index contributed by atoms with van der Waals surface area (Å²) in [5, 5.41) is 4.04. The first-order valence-corrected chi connectivity index (χ1v) is 10.2. The van der Waals surface area contributed by atoms with Gasteiger partial charge in [0.2, 0.25) is 5.89 Å². The van der Waals surface area contributed by atoms with Crippen molar-refractivity contribution in [1.82, 2.24) is 19.9 Å². The van der Waals surface area contributed by atoms with Gasteiger partial charge in [-0.2, -0.15) is 4.98 Å². The molecule has 132 valence electrons. The van der Waals surface area contributed by atoms with Crippen molar-refractivity contribution >= 4 is 9.84 Å². The largest absolute Gasteiger partial charge is 0.339 e. The summed E-state index contributed by atoms with van der Waals surface area (Å²) in [6.45, 7) is 7.57. The second-order valence-electron chi connectivity index (χ2n) is 6.85. The Morgan fingerprint density at radius 1 is 1.43 bits per heavy atom. The summed E-state index contributed by atoms with van der Waals surface area (Å²) >= 11 is 0. The van der Waals surface area contributed by atoms with Gasteiger partial charge in [0, 0.05) is 24.8 Å². The molecule has 23 heavy (non-hydrogen) atoms. The highest BCUT2D eigenvalue weighted by atomic mass is 32.2. The first-order valence-electron chi connectivity index (χ1n) is 8.17. The zero-order valence-electron chi connectivity index (χ0n) is 14.5. The summed E-state index contributed by atoms with van der Waals surface area (Å²) in [5.41, 5.74) is 0. The highest BCUT2D eigenvalue weighted by Crippen LogP contribution is 2.17. The molecule has 7 nitrogen and oxygen atoms in total. The summed E-state index contributed by atoms with van der Waals surface area (Å²) in [6.07, 6.45) is 3.09. The van der Waals surface area contributed by atoms with Gasteiger partial charge in [-0.3, -0.25) is 4.90 Å². The van der Waals surface area contributed by atoms with Crippen LogP contribution in [-0.4, -0.2) is 73.1 Å². The Labute approximate surface area is 138 Å². The predicted octanol–water partition coefficient (Wildman–Crippen LogP) is 1.13. The minimum atomic E-state index is -2.86. The van der Waals surface area contributed by atoms with Crippen LogP contribution in [0.25, 0.3) is 0 Å². The van der Waals surface area contributed by atoms with Gasteiger partial charge >= 0.3 is 0 Å². The number of likely N-dealkylation sites (N-methyl/N-ethyl adjacent to an activating group) is 1. The molecule has 2 heterocycles. The summed E-state index contributed by atoms with van der Waals surface area (Å²) in [4.78, 5) is 9.01. The monoisotopic (exact) mass is 344 g/mol. The molecule has 0 aromatic carbocycles. The molecule has 0 saturated carbocycles. The molecule has 2 rings (SSSR count). The van der Waals surface area contributed by atoms with Gasteiger partial charge in [0.1, 0.15) is 9.84 Å². The van der Waals surface area contributed by atoms with E-state index in [4.69, 9.17) is 4.52 Å². The maximum atomic E-state index is 11.2. The Hall–Kier alpha value is -0.990. The minimum Gasteiger partial charge on any atom is -0.339 e. The van der Waals surface area contributed by atoms with Crippen molar-refractivity contribution in [2.75, 3.05) is 38.7 Å². The van der Waals surface area contributed by atoms with Crippen LogP contribution in [0.3, 0.4) is 0 Å². The van der Waals surface area contributed by atoms with Crippen molar-refractivity contribution in [3.63, 3.8) is 0 Å². The van der Waals surface area contributed by atoms with Crippen molar-refractivity contribution in [3.8, 4) is 0 Å². The first-order chi connectivity index (χ1) is 10.7. The molecule has 0 aliphatic carbocycles. The lowest BCUT2D eigenvalue weighted by molar-refractivity contribution is 0.218. The van der Waals surface area contributed by atoms with Crippen LogP contribution in [0.2, 0.25) is 0 Å². The summed E-state index contributed by atoms with van der Waals surface area (Å²) in [5.74, 6) is 1.93. The van der Waals surface area contributed by atoms with Crippen LogP contribution >= 0.6 is 0 Å². The van der Waals surface area contributed by atoms with E-state index in [0.29, 0.717) is 24.9 Å². The van der Waals surface area contributed by atoms with E-state index in [9.17, 15) is 8.42 Å². The van der Waals surface area contributed by atoms with Crippen LogP contribution in [0.4, 0.5) is 0 Å². The van der Waals surface area contributed by atoms with E-state index in [1.54, 1.807) is 0 Å². The van der Waals surface area contributed by atoms with Gasteiger partial charge in [0.05, 0.1) is 12.3 Å². The van der Waals surface area contributed by atoms with Gasteiger partial charge in [-0.05, 0) is 33.0 Å². The first kappa shape index (κ1) is 18.4. The van der Waals surface area contributed by atoms with Crippen LogP contribution < -0.4 is 0 Å². The van der Waals surface area contributed by atoms with Crippen LogP contribution in [0.5, 0.6) is 0 Å². The van der Waals surface area contributed by atoms with Crippen molar-refractivity contribution in [2.24, 2.45) is 0 Å². The van der Waals surface area contributed by atoms with Crippen LogP contribution in [0.1, 0.15) is 44.3 Å². The van der Waals surface area contributed by atoms with E-state index in [1.165, 1.54) is 6.26 Å². The van der Waals surface area contributed by atoms with Gasteiger partial charge in [-0.25, -0.2) is 8.42 Å². The smallest absolute Gasteiger partial charge is 0.229 e. The summed E-state index contributed by atoms with van der Waals surface area (Å²) in [7, 11) is -0.776. The number of hydrogen-bond acceptors (Lipinski definition) is 7. The lowest BCUT2D eigenvalue weighted by atomic mass is 10.2. The van der Waals surface area contributed by atoms with E-state index in [2.05, 4.69) is 27.0 Å². The molecule has 1 saturated heterocycles. The van der Waals surface area contributed by atoms with E-state index in [1.807, 2.05) is 13.8 Å². The zero-order chi connectivity index (χ0) is 17.0. The maximum Gasteiger partial charge on any atom is 0.229 e. The van der Waals surface area contributed by atoms with Gasteiger partial charge in [0.15, 0.2) is 5.82 Å². The molecule has 0 spiro atoms. The highest BCUT2D eigenvalue weighted by molar-refractivity contribution is 7.90. The summed E-state index contributed by atoms with van der Waals surface area (Å²) < 4.78 is 27.6. The second kappa shape index (κ2) is 7.72. The average molecular weight is 344 g/mol. The molecule has 0 bridgehead atoms. The number of likely N-dealkylation sites (tertiary alicyclic amines) is 1. The molecule has 1 unspecified atom stereocenters. The molecule has 0 amide bonds. The van der Waals surface area contributed by atoms with Crippen LogP contribution in [0, 0.1) is 0 Å². The van der Waals surface area contributed by atoms with Gasteiger partial charge in [0.25, 0.3) is 0 Å². The van der Waals surface area contributed by atoms with Gasteiger partial charge < -0.3 is 9.42 Å².